The lowest BCUT2D eigenvalue weighted by Crippen LogP contribution is -2.09. The van der Waals surface area contributed by atoms with E-state index >= 15 is 0 Å². The van der Waals surface area contributed by atoms with Gasteiger partial charge in [-0.1, -0.05) is 31.0 Å². The fourth-order valence-electron chi connectivity index (χ4n) is 2.02. The molecule has 0 radical (unpaired) electrons. The van der Waals surface area contributed by atoms with Crippen LogP contribution in [0.3, 0.4) is 0 Å². The molecule has 20 heavy (non-hydrogen) atoms. The number of aryl methyl sites for hydroxylation is 1. The van der Waals surface area contributed by atoms with Crippen molar-refractivity contribution in [2.75, 3.05) is 11.9 Å². The van der Waals surface area contributed by atoms with E-state index in [0.717, 1.165) is 36.6 Å². The van der Waals surface area contributed by atoms with E-state index in [1.165, 1.54) is 6.07 Å². The quantitative estimate of drug-likeness (QED) is 0.808. The zero-order chi connectivity index (χ0) is 14.5. The Labute approximate surface area is 123 Å². The van der Waals surface area contributed by atoms with Crippen molar-refractivity contribution in [3.05, 3.63) is 46.5 Å². The first-order chi connectivity index (χ1) is 9.60. The number of nitrogens with one attached hydrogen (secondary N) is 1. The highest BCUT2D eigenvalue weighted by Crippen LogP contribution is 2.18. The van der Waals surface area contributed by atoms with Crippen LogP contribution in [0.2, 0.25) is 5.02 Å². The first kappa shape index (κ1) is 14.9. The molecule has 0 aliphatic rings. The third kappa shape index (κ3) is 3.73. The molecule has 0 unspecified atom stereocenters. The van der Waals surface area contributed by atoms with E-state index in [9.17, 15) is 4.39 Å². The van der Waals surface area contributed by atoms with Gasteiger partial charge in [0.15, 0.2) is 0 Å². The van der Waals surface area contributed by atoms with E-state index in [-0.39, 0.29) is 5.02 Å². The summed E-state index contributed by atoms with van der Waals surface area (Å²) in [6.07, 6.45) is 4.22. The molecule has 0 spiro atoms. The summed E-state index contributed by atoms with van der Waals surface area (Å²) < 4.78 is 15.2. The summed E-state index contributed by atoms with van der Waals surface area (Å²) in [4.78, 5) is 4.46. The minimum absolute atomic E-state index is 0.153. The van der Waals surface area contributed by atoms with Crippen molar-refractivity contribution in [2.24, 2.45) is 0 Å². The summed E-state index contributed by atoms with van der Waals surface area (Å²) >= 11 is 5.81. The Kier molecular flexibility index (Phi) is 5.01. The first-order valence-corrected chi connectivity index (χ1v) is 7.19. The Morgan fingerprint density at radius 3 is 2.90 bits per heavy atom. The Morgan fingerprint density at radius 2 is 2.20 bits per heavy atom. The molecule has 0 saturated carbocycles. The number of benzene rings is 1. The molecule has 0 bridgehead atoms. The van der Waals surface area contributed by atoms with Gasteiger partial charge < -0.3 is 9.88 Å². The second-order valence-electron chi connectivity index (χ2n) is 4.86. The van der Waals surface area contributed by atoms with Crippen molar-refractivity contribution in [1.82, 2.24) is 9.55 Å². The molecule has 5 heteroatoms. The van der Waals surface area contributed by atoms with Crippen molar-refractivity contribution >= 4 is 17.5 Å². The summed E-state index contributed by atoms with van der Waals surface area (Å²) in [6.45, 7) is 5.63. The van der Waals surface area contributed by atoms with E-state index in [0.29, 0.717) is 6.54 Å². The molecule has 3 nitrogen and oxygen atoms in total. The lowest BCUT2D eigenvalue weighted by molar-refractivity contribution is 0.626. The highest BCUT2D eigenvalue weighted by Gasteiger charge is 2.07. The van der Waals surface area contributed by atoms with Gasteiger partial charge in [-0.15, -0.1) is 0 Å². The van der Waals surface area contributed by atoms with E-state index in [1.54, 1.807) is 12.1 Å². The smallest absolute Gasteiger partial charge is 0.203 e. The SMILES string of the molecule is CCCCNc1nc(C)cn1Cc1ccc(F)c(Cl)c1. The molecule has 2 rings (SSSR count). The van der Waals surface area contributed by atoms with Crippen LogP contribution in [0, 0.1) is 12.7 Å². The predicted octanol–water partition coefficient (Wildman–Crippen LogP) is 4.24. The van der Waals surface area contributed by atoms with E-state index < -0.39 is 5.82 Å². The summed E-state index contributed by atoms with van der Waals surface area (Å²) in [5.41, 5.74) is 1.91. The molecule has 0 atom stereocenters. The molecular formula is C15H19ClFN3. The normalized spacial score (nSPS) is 10.8. The van der Waals surface area contributed by atoms with Crippen molar-refractivity contribution in [2.45, 2.75) is 33.2 Å². The average molecular weight is 296 g/mol. The largest absolute Gasteiger partial charge is 0.356 e. The number of halogens is 2. The van der Waals surface area contributed by atoms with Crippen LogP contribution in [-0.2, 0) is 6.54 Å². The number of aromatic nitrogens is 2. The zero-order valence-electron chi connectivity index (χ0n) is 11.8. The van der Waals surface area contributed by atoms with Gasteiger partial charge in [-0.3, -0.25) is 0 Å². The Balaban J connectivity index is 2.13. The first-order valence-electron chi connectivity index (χ1n) is 6.81. The summed E-state index contributed by atoms with van der Waals surface area (Å²) in [5.74, 6) is 0.454. The minimum Gasteiger partial charge on any atom is -0.356 e. The number of imidazole rings is 1. The van der Waals surface area contributed by atoms with Gasteiger partial charge in [-0.25, -0.2) is 9.37 Å². The van der Waals surface area contributed by atoms with E-state index in [1.807, 2.05) is 17.7 Å². The van der Waals surface area contributed by atoms with Gasteiger partial charge in [0.2, 0.25) is 5.95 Å². The van der Waals surface area contributed by atoms with Crippen LogP contribution in [0.4, 0.5) is 10.3 Å². The van der Waals surface area contributed by atoms with Crippen LogP contribution >= 0.6 is 11.6 Å². The van der Waals surface area contributed by atoms with Gasteiger partial charge in [-0.2, -0.15) is 0 Å². The highest BCUT2D eigenvalue weighted by molar-refractivity contribution is 6.30. The number of anilines is 1. The number of nitrogens with zero attached hydrogens (tertiary/aromatic N) is 2. The van der Waals surface area contributed by atoms with Gasteiger partial charge >= 0.3 is 0 Å². The molecule has 2 aromatic rings. The highest BCUT2D eigenvalue weighted by atomic mass is 35.5. The van der Waals surface area contributed by atoms with Gasteiger partial charge in [0, 0.05) is 12.7 Å². The predicted molar refractivity (Wildman–Crippen MR) is 80.9 cm³/mol. The summed E-state index contributed by atoms with van der Waals surface area (Å²) in [6, 6.07) is 4.79. The molecule has 1 N–H and O–H groups in total. The fraction of sp³-hybridized carbons (Fsp3) is 0.400. The second-order valence-corrected chi connectivity index (χ2v) is 5.27. The van der Waals surface area contributed by atoms with Crippen LogP contribution in [0.1, 0.15) is 31.0 Å². The number of hydrogen-bond donors (Lipinski definition) is 1. The lowest BCUT2D eigenvalue weighted by Gasteiger charge is -2.10. The molecule has 0 aliphatic heterocycles. The van der Waals surface area contributed by atoms with Crippen LogP contribution in [0.5, 0.6) is 0 Å². The van der Waals surface area contributed by atoms with Gasteiger partial charge in [0.05, 0.1) is 17.3 Å². The summed E-state index contributed by atoms with van der Waals surface area (Å²) in [7, 11) is 0. The molecule has 1 aromatic heterocycles. The second kappa shape index (κ2) is 6.75. The maximum atomic E-state index is 13.2. The Morgan fingerprint density at radius 1 is 1.40 bits per heavy atom. The topological polar surface area (TPSA) is 29.9 Å². The van der Waals surface area contributed by atoms with Crippen molar-refractivity contribution < 1.29 is 4.39 Å². The number of rotatable bonds is 6. The third-order valence-electron chi connectivity index (χ3n) is 3.05. The van der Waals surface area contributed by atoms with Crippen molar-refractivity contribution in [3.8, 4) is 0 Å². The van der Waals surface area contributed by atoms with Gasteiger partial charge in [0.1, 0.15) is 5.82 Å². The van der Waals surface area contributed by atoms with Crippen LogP contribution in [0.25, 0.3) is 0 Å². The van der Waals surface area contributed by atoms with Crippen molar-refractivity contribution in [3.63, 3.8) is 0 Å². The van der Waals surface area contributed by atoms with E-state index in [2.05, 4.69) is 17.2 Å². The molecular weight excluding hydrogens is 277 g/mol. The zero-order valence-corrected chi connectivity index (χ0v) is 12.5. The lowest BCUT2D eigenvalue weighted by atomic mass is 10.2. The van der Waals surface area contributed by atoms with Crippen LogP contribution < -0.4 is 5.32 Å². The molecule has 0 fully saturated rings. The Bertz CT molecular complexity index is 580. The van der Waals surface area contributed by atoms with Gasteiger partial charge in [-0.05, 0) is 31.0 Å². The maximum absolute atomic E-state index is 13.2. The summed E-state index contributed by atoms with van der Waals surface area (Å²) in [5, 5.41) is 3.48. The van der Waals surface area contributed by atoms with Crippen LogP contribution in [-0.4, -0.2) is 16.1 Å². The molecule has 108 valence electrons. The van der Waals surface area contributed by atoms with Gasteiger partial charge in [0.25, 0.3) is 0 Å². The molecule has 0 aliphatic carbocycles. The molecule has 1 aromatic carbocycles. The molecule has 1 heterocycles. The molecule has 0 saturated heterocycles. The fourth-order valence-corrected chi connectivity index (χ4v) is 2.22. The number of unbranched alkanes of at least 4 members (excludes halogenated alkanes) is 1. The Hall–Kier alpha value is -1.55. The minimum atomic E-state index is -0.390. The standard InChI is InChI=1S/C15H19ClFN3/c1-3-4-7-18-15-19-11(2)9-20(15)10-12-5-6-14(17)13(16)8-12/h5-6,8-9H,3-4,7,10H2,1-2H3,(H,18,19). The average Bonchev–Trinajstić information content (AvgIpc) is 2.74. The maximum Gasteiger partial charge on any atom is 0.203 e. The molecule has 0 amide bonds. The third-order valence-corrected chi connectivity index (χ3v) is 3.34. The van der Waals surface area contributed by atoms with Crippen molar-refractivity contribution in [1.29, 1.82) is 0 Å². The van der Waals surface area contributed by atoms with Crippen LogP contribution in [0.15, 0.2) is 24.4 Å². The van der Waals surface area contributed by atoms with E-state index in [4.69, 9.17) is 11.6 Å². The monoisotopic (exact) mass is 295 g/mol. The number of hydrogen-bond acceptors (Lipinski definition) is 2.